The fraction of sp³-hybridized carbons (Fsp3) is 0. The summed E-state index contributed by atoms with van der Waals surface area (Å²) in [4.78, 5) is 4.35. The number of benzene rings is 2. The van der Waals surface area contributed by atoms with E-state index >= 15 is 0 Å². The number of phenolic OH excluding ortho intramolecular Hbond substituents is 1. The van der Waals surface area contributed by atoms with Crippen LogP contribution in [0.25, 0.3) is 21.8 Å². The second-order valence-corrected chi connectivity index (χ2v) is 3.64. The normalized spacial score (nSPS) is 11.1. The lowest BCUT2D eigenvalue weighted by molar-refractivity contribution is 0.439. The van der Waals surface area contributed by atoms with E-state index in [1.807, 2.05) is 24.3 Å². The summed E-state index contributed by atoms with van der Waals surface area (Å²) in [7, 11) is 0. The molecule has 0 fully saturated rings. The Hall–Kier alpha value is -2.16. The van der Waals surface area contributed by atoms with Crippen LogP contribution in [0.4, 0.5) is 4.39 Å². The Labute approximate surface area is 91.0 Å². The third-order valence-electron chi connectivity index (χ3n) is 2.62. The van der Waals surface area contributed by atoms with E-state index in [2.05, 4.69) is 4.98 Å². The molecule has 2 nitrogen and oxygen atoms in total. The second-order valence-electron chi connectivity index (χ2n) is 3.64. The number of halogens is 1. The van der Waals surface area contributed by atoms with Crippen molar-refractivity contribution in [3.05, 3.63) is 48.3 Å². The maximum absolute atomic E-state index is 13.2. The molecule has 0 radical (unpaired) electrons. The van der Waals surface area contributed by atoms with Crippen LogP contribution >= 0.6 is 0 Å². The number of aromatic hydroxyl groups is 1. The van der Waals surface area contributed by atoms with Crippen LogP contribution in [0.15, 0.2) is 42.5 Å². The average molecular weight is 213 g/mol. The van der Waals surface area contributed by atoms with Crippen LogP contribution in [0, 0.1) is 5.82 Å². The molecule has 0 bridgehead atoms. The first-order chi connectivity index (χ1) is 7.75. The summed E-state index contributed by atoms with van der Waals surface area (Å²) in [5, 5.41) is 10.9. The average Bonchev–Trinajstić information content (AvgIpc) is 2.32. The van der Waals surface area contributed by atoms with E-state index in [9.17, 15) is 9.50 Å². The van der Waals surface area contributed by atoms with Gasteiger partial charge in [0.1, 0.15) is 0 Å². The molecule has 0 saturated carbocycles. The van der Waals surface area contributed by atoms with Gasteiger partial charge in [-0.15, -0.1) is 0 Å². The number of aromatic nitrogens is 1. The van der Waals surface area contributed by atoms with Crippen molar-refractivity contribution in [2.75, 3.05) is 0 Å². The van der Waals surface area contributed by atoms with Crippen LogP contribution in [-0.2, 0) is 0 Å². The minimum atomic E-state index is -0.621. The number of hydrogen-bond acceptors (Lipinski definition) is 2. The molecule has 3 heteroatoms. The van der Waals surface area contributed by atoms with Crippen LogP contribution in [0.5, 0.6) is 5.75 Å². The molecule has 78 valence electrons. The van der Waals surface area contributed by atoms with E-state index in [0.717, 1.165) is 10.9 Å². The lowest BCUT2D eigenvalue weighted by Crippen LogP contribution is -1.85. The van der Waals surface area contributed by atoms with Crippen molar-refractivity contribution in [1.82, 2.24) is 4.98 Å². The summed E-state index contributed by atoms with van der Waals surface area (Å²) in [5.74, 6) is -0.958. The fourth-order valence-electron chi connectivity index (χ4n) is 1.81. The highest BCUT2D eigenvalue weighted by molar-refractivity contribution is 5.95. The monoisotopic (exact) mass is 213 g/mol. The Kier molecular flexibility index (Phi) is 1.80. The number of rotatable bonds is 0. The fourth-order valence-corrected chi connectivity index (χ4v) is 1.81. The summed E-state index contributed by atoms with van der Waals surface area (Å²) < 4.78 is 13.2. The quantitative estimate of drug-likeness (QED) is 0.581. The SMILES string of the molecule is Oc1c(F)ccc2nc3ccccc3cc12. The Morgan fingerprint density at radius 3 is 2.69 bits per heavy atom. The Bertz CT molecular complexity index is 694. The maximum Gasteiger partial charge on any atom is 0.165 e. The Morgan fingerprint density at radius 2 is 1.81 bits per heavy atom. The van der Waals surface area contributed by atoms with Crippen LogP contribution in [0.1, 0.15) is 0 Å². The number of fused-ring (bicyclic) bond motifs is 2. The lowest BCUT2D eigenvalue weighted by atomic mass is 10.1. The van der Waals surface area contributed by atoms with Gasteiger partial charge in [-0.25, -0.2) is 9.37 Å². The van der Waals surface area contributed by atoms with Gasteiger partial charge in [-0.05, 0) is 24.3 Å². The minimum Gasteiger partial charge on any atom is -0.504 e. The summed E-state index contributed by atoms with van der Waals surface area (Å²) >= 11 is 0. The second kappa shape index (κ2) is 3.17. The molecule has 1 heterocycles. The van der Waals surface area contributed by atoms with Crippen LogP contribution in [0.2, 0.25) is 0 Å². The molecule has 2 aromatic carbocycles. The molecule has 3 rings (SSSR count). The first-order valence-electron chi connectivity index (χ1n) is 4.93. The molecular weight excluding hydrogens is 205 g/mol. The van der Waals surface area contributed by atoms with E-state index in [4.69, 9.17) is 0 Å². The van der Waals surface area contributed by atoms with Crippen LogP contribution in [-0.4, -0.2) is 10.1 Å². The van der Waals surface area contributed by atoms with Crippen molar-refractivity contribution in [2.24, 2.45) is 0 Å². The molecule has 0 aliphatic rings. The number of pyridine rings is 1. The molecular formula is C13H8FNO. The number of phenols is 1. The molecule has 1 N–H and O–H groups in total. The summed E-state index contributed by atoms with van der Waals surface area (Å²) in [6.45, 7) is 0. The van der Waals surface area contributed by atoms with Crippen molar-refractivity contribution in [3.8, 4) is 5.75 Å². The highest BCUT2D eigenvalue weighted by atomic mass is 19.1. The molecule has 1 aromatic heterocycles. The molecule has 0 unspecified atom stereocenters. The molecule has 0 atom stereocenters. The molecule has 0 aliphatic carbocycles. The standard InChI is InChI=1S/C13H8FNO/c14-10-5-6-12-9(13(10)16)7-8-3-1-2-4-11(8)15-12/h1-7,16H. The highest BCUT2D eigenvalue weighted by Gasteiger charge is 2.07. The Morgan fingerprint density at radius 1 is 1.00 bits per heavy atom. The molecule has 0 amide bonds. The molecule has 0 aliphatic heterocycles. The van der Waals surface area contributed by atoms with Gasteiger partial charge in [0.25, 0.3) is 0 Å². The van der Waals surface area contributed by atoms with Gasteiger partial charge in [-0.1, -0.05) is 18.2 Å². The highest BCUT2D eigenvalue weighted by Crippen LogP contribution is 2.28. The van der Waals surface area contributed by atoms with Gasteiger partial charge in [0, 0.05) is 10.8 Å². The number of hydrogen-bond donors (Lipinski definition) is 1. The number of para-hydroxylation sites is 1. The van der Waals surface area contributed by atoms with E-state index in [1.54, 1.807) is 12.1 Å². The van der Waals surface area contributed by atoms with Gasteiger partial charge in [-0.2, -0.15) is 0 Å². The van der Waals surface area contributed by atoms with Gasteiger partial charge in [-0.3, -0.25) is 0 Å². The van der Waals surface area contributed by atoms with Crippen LogP contribution < -0.4 is 0 Å². The smallest absolute Gasteiger partial charge is 0.165 e. The third kappa shape index (κ3) is 1.21. The van der Waals surface area contributed by atoms with Crippen molar-refractivity contribution in [1.29, 1.82) is 0 Å². The van der Waals surface area contributed by atoms with Gasteiger partial charge in [0.15, 0.2) is 11.6 Å². The van der Waals surface area contributed by atoms with Crippen molar-refractivity contribution < 1.29 is 9.50 Å². The number of nitrogens with zero attached hydrogens (tertiary/aromatic N) is 1. The van der Waals surface area contributed by atoms with Crippen molar-refractivity contribution >= 4 is 21.8 Å². The summed E-state index contributed by atoms with van der Waals surface area (Å²) in [5.41, 5.74) is 1.43. The zero-order valence-electron chi connectivity index (χ0n) is 8.31. The van der Waals surface area contributed by atoms with Gasteiger partial charge in [0.2, 0.25) is 0 Å². The summed E-state index contributed by atoms with van der Waals surface area (Å²) in [6.07, 6.45) is 0. The molecule has 3 aromatic rings. The molecule has 0 saturated heterocycles. The van der Waals surface area contributed by atoms with E-state index in [0.29, 0.717) is 10.9 Å². The first kappa shape index (κ1) is 9.09. The topological polar surface area (TPSA) is 33.1 Å². The van der Waals surface area contributed by atoms with Gasteiger partial charge >= 0.3 is 0 Å². The van der Waals surface area contributed by atoms with Crippen molar-refractivity contribution in [3.63, 3.8) is 0 Å². The lowest BCUT2D eigenvalue weighted by Gasteiger charge is -2.03. The third-order valence-corrected chi connectivity index (χ3v) is 2.62. The van der Waals surface area contributed by atoms with Crippen molar-refractivity contribution in [2.45, 2.75) is 0 Å². The van der Waals surface area contributed by atoms with E-state index < -0.39 is 5.82 Å². The Balaban J connectivity index is 2.51. The predicted octanol–water partition coefficient (Wildman–Crippen LogP) is 3.23. The maximum atomic E-state index is 13.2. The largest absolute Gasteiger partial charge is 0.504 e. The van der Waals surface area contributed by atoms with Gasteiger partial charge in [0.05, 0.1) is 11.0 Å². The summed E-state index contributed by atoms with van der Waals surface area (Å²) in [6, 6.07) is 12.1. The zero-order chi connectivity index (χ0) is 11.1. The minimum absolute atomic E-state index is 0.337. The van der Waals surface area contributed by atoms with E-state index in [-0.39, 0.29) is 5.75 Å². The first-order valence-corrected chi connectivity index (χ1v) is 4.93. The zero-order valence-corrected chi connectivity index (χ0v) is 8.31. The van der Waals surface area contributed by atoms with Gasteiger partial charge < -0.3 is 5.11 Å². The van der Waals surface area contributed by atoms with E-state index in [1.165, 1.54) is 6.07 Å². The predicted molar refractivity (Wildman–Crippen MR) is 60.9 cm³/mol. The molecule has 0 spiro atoms. The molecule has 16 heavy (non-hydrogen) atoms. The van der Waals surface area contributed by atoms with Crippen LogP contribution in [0.3, 0.4) is 0 Å².